The van der Waals surface area contributed by atoms with Crippen molar-refractivity contribution < 1.29 is 28.1 Å². The summed E-state index contributed by atoms with van der Waals surface area (Å²) >= 11 is 0. The second-order valence-electron chi connectivity index (χ2n) is 14.2. The van der Waals surface area contributed by atoms with Gasteiger partial charge in [-0.2, -0.15) is 10.2 Å². The SMILES string of the molecule is COc1ccc(C(OC[C@H](Cn2cnc3c(=O)[nH]c(NC(=O)C(C)C)nc32)OP(OCCC#N)N(C(C)C)C(C)C)(c2ccccc2)c2ccc(OC)cc2)cc1. The standard InChI is InChI=1S/C42H52N7O7P/c1-28(2)39(50)46-41-45-38-37(40(51)47-41)44-27-48(38)25-36(56-57(55-24-12-23-43)49(29(3)4)30(5)6)26-54-42(31-13-10-9-11-14-31,32-15-19-34(52-7)20-16-32)33-17-21-35(53-8)22-18-33/h9-11,13-22,27-30,36H,12,24-26H2,1-8H3,(H2,45,46,47,50,51)/t36-,57?/m0/s1. The number of fused-ring (bicyclic) bond motifs is 1. The van der Waals surface area contributed by atoms with E-state index in [1.165, 1.54) is 6.33 Å². The van der Waals surface area contributed by atoms with Crippen LogP contribution in [0.3, 0.4) is 0 Å². The number of benzene rings is 3. The Morgan fingerprint density at radius 2 is 1.49 bits per heavy atom. The fourth-order valence-corrected chi connectivity index (χ4v) is 8.14. The average molecular weight is 798 g/mol. The van der Waals surface area contributed by atoms with Crippen molar-refractivity contribution in [3.05, 3.63) is 112 Å². The number of nitrogens with one attached hydrogen (secondary N) is 2. The van der Waals surface area contributed by atoms with E-state index < -0.39 is 25.8 Å². The number of nitriles is 1. The number of aromatic amines is 1. The molecule has 1 amide bonds. The molecule has 15 heteroatoms. The van der Waals surface area contributed by atoms with Gasteiger partial charge in [0.25, 0.3) is 14.1 Å². The summed E-state index contributed by atoms with van der Waals surface area (Å²) in [5, 5.41) is 12.1. The van der Waals surface area contributed by atoms with Gasteiger partial charge in [-0.05, 0) is 68.7 Å². The fraction of sp³-hybridized carbons (Fsp3) is 0.405. The molecule has 3 aromatic carbocycles. The van der Waals surface area contributed by atoms with Gasteiger partial charge in [0.1, 0.15) is 23.2 Å². The van der Waals surface area contributed by atoms with Gasteiger partial charge in [-0.3, -0.25) is 19.9 Å². The van der Waals surface area contributed by atoms with E-state index in [2.05, 4.69) is 58.7 Å². The third-order valence-corrected chi connectivity index (χ3v) is 11.4. The molecule has 57 heavy (non-hydrogen) atoms. The number of carbonyl (C=O) groups excluding carboxylic acids is 1. The van der Waals surface area contributed by atoms with Crippen LogP contribution in [0.1, 0.15) is 64.7 Å². The highest BCUT2D eigenvalue weighted by Gasteiger charge is 2.40. The summed E-state index contributed by atoms with van der Waals surface area (Å²) in [5.74, 6) is 0.763. The molecular weight excluding hydrogens is 745 g/mol. The number of aromatic nitrogens is 4. The maximum absolute atomic E-state index is 13.2. The highest BCUT2D eigenvalue weighted by Crippen LogP contribution is 2.48. The number of rotatable bonds is 20. The lowest BCUT2D eigenvalue weighted by Crippen LogP contribution is -2.39. The molecule has 14 nitrogen and oxygen atoms in total. The van der Waals surface area contributed by atoms with Gasteiger partial charge in [0, 0.05) is 18.0 Å². The highest BCUT2D eigenvalue weighted by molar-refractivity contribution is 7.44. The summed E-state index contributed by atoms with van der Waals surface area (Å²) in [4.78, 5) is 37.4. The normalized spacial score (nSPS) is 13.0. The molecule has 0 saturated heterocycles. The second-order valence-corrected chi connectivity index (χ2v) is 15.6. The van der Waals surface area contributed by atoms with E-state index in [1.54, 1.807) is 32.6 Å². The van der Waals surface area contributed by atoms with Gasteiger partial charge in [0.05, 0.1) is 52.8 Å². The Morgan fingerprint density at radius 1 is 0.912 bits per heavy atom. The number of hydrogen-bond acceptors (Lipinski definition) is 11. The lowest BCUT2D eigenvalue weighted by molar-refractivity contribution is -0.118. The summed E-state index contributed by atoms with van der Waals surface area (Å²) in [6, 6.07) is 27.7. The first-order chi connectivity index (χ1) is 27.4. The zero-order valence-electron chi connectivity index (χ0n) is 33.8. The Hall–Kier alpha value is -5.16. The molecule has 2 N–H and O–H groups in total. The molecule has 2 atom stereocenters. The highest BCUT2D eigenvalue weighted by atomic mass is 31.2. The van der Waals surface area contributed by atoms with Gasteiger partial charge >= 0.3 is 0 Å². The average Bonchev–Trinajstić information content (AvgIpc) is 3.61. The van der Waals surface area contributed by atoms with Crippen LogP contribution in [0.15, 0.2) is 90.0 Å². The number of amides is 1. The summed E-state index contributed by atoms with van der Waals surface area (Å²) < 4.78 is 35.6. The van der Waals surface area contributed by atoms with E-state index in [4.69, 9.17) is 23.3 Å². The van der Waals surface area contributed by atoms with Crippen molar-refractivity contribution in [1.82, 2.24) is 24.2 Å². The summed E-state index contributed by atoms with van der Waals surface area (Å²) in [5.41, 5.74) is 1.23. The van der Waals surface area contributed by atoms with Crippen molar-refractivity contribution >= 4 is 31.5 Å². The van der Waals surface area contributed by atoms with E-state index in [1.807, 2.05) is 78.9 Å². The van der Waals surface area contributed by atoms with Crippen molar-refractivity contribution in [2.24, 2.45) is 5.92 Å². The first-order valence-electron chi connectivity index (χ1n) is 18.9. The maximum Gasteiger partial charge on any atom is 0.280 e. The number of hydrogen-bond donors (Lipinski definition) is 2. The van der Waals surface area contributed by atoms with Crippen LogP contribution in [0.4, 0.5) is 5.95 Å². The van der Waals surface area contributed by atoms with Gasteiger partial charge in [-0.1, -0.05) is 68.4 Å². The third-order valence-electron chi connectivity index (χ3n) is 9.20. The number of nitrogens with zero attached hydrogens (tertiary/aromatic N) is 5. The van der Waals surface area contributed by atoms with Crippen LogP contribution in [0.5, 0.6) is 11.5 Å². The van der Waals surface area contributed by atoms with Gasteiger partial charge < -0.3 is 27.8 Å². The third kappa shape index (κ3) is 10.2. The first-order valence-corrected chi connectivity index (χ1v) is 20.0. The van der Waals surface area contributed by atoms with Crippen LogP contribution in [-0.4, -0.2) is 75.7 Å². The Bertz CT molecular complexity index is 2090. The Kier molecular flexibility index (Phi) is 14.9. The van der Waals surface area contributed by atoms with Crippen LogP contribution in [0.25, 0.3) is 11.2 Å². The molecular formula is C42H52N7O7P. The summed E-state index contributed by atoms with van der Waals surface area (Å²) in [6.07, 6.45) is 0.976. The fourth-order valence-electron chi connectivity index (χ4n) is 6.46. The van der Waals surface area contributed by atoms with Crippen molar-refractivity contribution in [3.63, 3.8) is 0 Å². The Labute approximate surface area is 335 Å². The van der Waals surface area contributed by atoms with Gasteiger partial charge in [-0.25, -0.2) is 9.65 Å². The van der Waals surface area contributed by atoms with E-state index in [0.29, 0.717) is 11.5 Å². The van der Waals surface area contributed by atoms with E-state index in [9.17, 15) is 14.9 Å². The largest absolute Gasteiger partial charge is 0.497 e. The van der Waals surface area contributed by atoms with Gasteiger partial charge in [-0.15, -0.1) is 0 Å². The molecule has 0 radical (unpaired) electrons. The zero-order chi connectivity index (χ0) is 41.1. The molecule has 0 spiro atoms. The number of imidazole rings is 1. The van der Waals surface area contributed by atoms with E-state index in [0.717, 1.165) is 16.7 Å². The molecule has 5 rings (SSSR count). The molecule has 0 aliphatic rings. The smallest absolute Gasteiger partial charge is 0.280 e. The number of H-pyrrole nitrogens is 1. The number of carbonyl (C=O) groups is 1. The molecule has 0 aliphatic carbocycles. The molecule has 0 aliphatic heterocycles. The second kappa shape index (κ2) is 19.8. The zero-order valence-corrected chi connectivity index (χ0v) is 34.7. The number of methoxy groups -OCH3 is 2. The van der Waals surface area contributed by atoms with Crippen molar-refractivity contribution in [2.45, 2.75) is 78.3 Å². The van der Waals surface area contributed by atoms with Crippen LogP contribution >= 0.6 is 8.53 Å². The molecule has 0 bridgehead atoms. The van der Waals surface area contributed by atoms with Crippen LogP contribution in [-0.2, 0) is 30.7 Å². The molecule has 5 aromatic rings. The molecule has 302 valence electrons. The van der Waals surface area contributed by atoms with Crippen LogP contribution < -0.4 is 20.3 Å². The van der Waals surface area contributed by atoms with Gasteiger partial charge in [0.15, 0.2) is 11.2 Å². The van der Waals surface area contributed by atoms with Crippen molar-refractivity contribution in [3.8, 4) is 17.6 Å². The molecule has 1 unspecified atom stereocenters. The Balaban J connectivity index is 1.66. The van der Waals surface area contributed by atoms with E-state index >= 15 is 0 Å². The van der Waals surface area contributed by atoms with E-state index in [-0.39, 0.29) is 67.2 Å². The number of anilines is 1. The van der Waals surface area contributed by atoms with Crippen LogP contribution in [0.2, 0.25) is 0 Å². The minimum atomic E-state index is -1.74. The lowest BCUT2D eigenvalue weighted by Gasteiger charge is -2.39. The quantitative estimate of drug-likeness (QED) is 0.0458. The number of ether oxygens (including phenoxy) is 3. The van der Waals surface area contributed by atoms with Gasteiger partial charge in [0.2, 0.25) is 11.9 Å². The monoisotopic (exact) mass is 797 g/mol. The molecule has 2 heterocycles. The minimum absolute atomic E-state index is 0.0108. The minimum Gasteiger partial charge on any atom is -0.497 e. The lowest BCUT2D eigenvalue weighted by atomic mass is 9.80. The Morgan fingerprint density at radius 3 is 2.02 bits per heavy atom. The summed E-state index contributed by atoms with van der Waals surface area (Å²) in [6.45, 7) is 12.1. The van der Waals surface area contributed by atoms with Crippen LogP contribution in [0, 0.1) is 17.2 Å². The molecule has 2 aromatic heterocycles. The predicted octanol–water partition coefficient (Wildman–Crippen LogP) is 7.40. The maximum atomic E-state index is 13.2. The molecule has 0 saturated carbocycles. The van der Waals surface area contributed by atoms with Crippen molar-refractivity contribution in [1.29, 1.82) is 5.26 Å². The summed E-state index contributed by atoms with van der Waals surface area (Å²) in [7, 11) is 1.51. The van der Waals surface area contributed by atoms with Crippen molar-refractivity contribution in [2.75, 3.05) is 32.8 Å². The molecule has 0 fully saturated rings. The topological polar surface area (TPSA) is 166 Å². The predicted molar refractivity (Wildman–Crippen MR) is 220 cm³/mol. The first kappa shape index (κ1) is 43.0.